The van der Waals surface area contributed by atoms with Crippen LogP contribution in [0.25, 0.3) is 0 Å². The molecule has 17 heavy (non-hydrogen) atoms. The molecule has 1 aromatic rings. The van der Waals surface area contributed by atoms with Crippen LogP contribution in [0.5, 0.6) is 0 Å². The molecule has 1 saturated carbocycles. The maximum atomic E-state index is 12.8. The van der Waals surface area contributed by atoms with Crippen LogP contribution in [0.3, 0.4) is 0 Å². The molecule has 0 radical (unpaired) electrons. The van der Waals surface area contributed by atoms with E-state index in [1.54, 1.807) is 0 Å². The molecule has 0 saturated heterocycles. The highest BCUT2D eigenvalue weighted by atomic mass is 19.1. The Bertz CT molecular complexity index is 402. The number of nitrogens with two attached hydrogens (primary N) is 1. The average Bonchev–Trinajstić information content (AvgIpc) is 2.32. The van der Waals surface area contributed by atoms with Crippen LogP contribution in [0.4, 0.5) is 4.39 Å². The fourth-order valence-electron chi connectivity index (χ4n) is 2.08. The van der Waals surface area contributed by atoms with Crippen LogP contribution in [0, 0.1) is 5.95 Å². The van der Waals surface area contributed by atoms with Gasteiger partial charge in [0.1, 0.15) is 0 Å². The third kappa shape index (κ3) is 3.23. The van der Waals surface area contributed by atoms with Gasteiger partial charge in [-0.1, -0.05) is 0 Å². The van der Waals surface area contributed by atoms with E-state index in [2.05, 4.69) is 10.3 Å². The number of amides is 1. The van der Waals surface area contributed by atoms with E-state index in [1.807, 2.05) is 0 Å². The zero-order chi connectivity index (χ0) is 12.3. The van der Waals surface area contributed by atoms with Gasteiger partial charge in [-0.15, -0.1) is 0 Å². The summed E-state index contributed by atoms with van der Waals surface area (Å²) in [6.45, 7) is 0. The lowest BCUT2D eigenvalue weighted by Gasteiger charge is -2.26. The number of nitrogens with zero attached hydrogens (tertiary/aromatic N) is 1. The number of hydrogen-bond acceptors (Lipinski definition) is 3. The second kappa shape index (κ2) is 5.23. The second-order valence-electron chi connectivity index (χ2n) is 4.45. The molecule has 3 N–H and O–H groups in total. The van der Waals surface area contributed by atoms with Crippen molar-refractivity contribution in [1.82, 2.24) is 10.3 Å². The largest absolute Gasteiger partial charge is 0.349 e. The van der Waals surface area contributed by atoms with E-state index in [9.17, 15) is 9.18 Å². The second-order valence-corrected chi connectivity index (χ2v) is 4.45. The highest BCUT2D eigenvalue weighted by Gasteiger charge is 2.20. The molecule has 1 fully saturated rings. The fraction of sp³-hybridized carbons (Fsp3) is 0.500. The van der Waals surface area contributed by atoms with E-state index in [0.29, 0.717) is 5.56 Å². The molecule has 5 heteroatoms. The normalized spacial score (nSPS) is 24.4. The van der Waals surface area contributed by atoms with Crippen LogP contribution in [-0.2, 0) is 0 Å². The molecule has 2 rings (SSSR count). The number of aromatic nitrogens is 1. The van der Waals surface area contributed by atoms with Gasteiger partial charge in [0.15, 0.2) is 0 Å². The summed E-state index contributed by atoms with van der Waals surface area (Å²) < 4.78 is 12.8. The Morgan fingerprint density at radius 2 is 2.12 bits per heavy atom. The molecule has 0 atom stereocenters. The molecule has 1 aromatic heterocycles. The quantitative estimate of drug-likeness (QED) is 0.760. The van der Waals surface area contributed by atoms with E-state index in [4.69, 9.17) is 5.73 Å². The number of carbonyl (C=O) groups excluding carboxylic acids is 1. The van der Waals surface area contributed by atoms with Crippen molar-refractivity contribution in [3.8, 4) is 0 Å². The van der Waals surface area contributed by atoms with Crippen LogP contribution >= 0.6 is 0 Å². The van der Waals surface area contributed by atoms with Crippen molar-refractivity contribution in [2.45, 2.75) is 37.8 Å². The SMILES string of the molecule is NC1CCC(NC(=O)c2ccnc(F)c2)CC1. The zero-order valence-electron chi connectivity index (χ0n) is 9.53. The van der Waals surface area contributed by atoms with Crippen LogP contribution < -0.4 is 11.1 Å². The lowest BCUT2D eigenvalue weighted by Crippen LogP contribution is -2.40. The Kier molecular flexibility index (Phi) is 3.68. The van der Waals surface area contributed by atoms with E-state index < -0.39 is 5.95 Å². The smallest absolute Gasteiger partial charge is 0.251 e. The van der Waals surface area contributed by atoms with Crippen molar-refractivity contribution in [2.75, 3.05) is 0 Å². The first-order valence-electron chi connectivity index (χ1n) is 5.83. The first kappa shape index (κ1) is 12.0. The Balaban J connectivity index is 1.93. The fourth-order valence-corrected chi connectivity index (χ4v) is 2.08. The summed E-state index contributed by atoms with van der Waals surface area (Å²) >= 11 is 0. The number of halogens is 1. The van der Waals surface area contributed by atoms with Gasteiger partial charge in [-0.2, -0.15) is 4.39 Å². The molecule has 0 unspecified atom stereocenters. The molecule has 92 valence electrons. The van der Waals surface area contributed by atoms with Gasteiger partial charge in [0, 0.05) is 29.9 Å². The van der Waals surface area contributed by atoms with E-state index >= 15 is 0 Å². The van der Waals surface area contributed by atoms with Gasteiger partial charge in [-0.25, -0.2) is 4.98 Å². The summed E-state index contributed by atoms with van der Waals surface area (Å²) in [5, 5.41) is 2.89. The van der Waals surface area contributed by atoms with Crippen LogP contribution in [0.2, 0.25) is 0 Å². The van der Waals surface area contributed by atoms with Gasteiger partial charge in [-0.05, 0) is 31.7 Å². The first-order valence-corrected chi connectivity index (χ1v) is 5.83. The molecule has 0 bridgehead atoms. The molecule has 1 aliphatic rings. The van der Waals surface area contributed by atoms with Gasteiger partial charge in [0.25, 0.3) is 5.91 Å². The van der Waals surface area contributed by atoms with E-state index in [0.717, 1.165) is 31.7 Å². The van der Waals surface area contributed by atoms with Crippen LogP contribution in [0.15, 0.2) is 18.3 Å². The number of rotatable bonds is 2. The third-order valence-corrected chi connectivity index (χ3v) is 3.10. The number of hydrogen-bond donors (Lipinski definition) is 2. The predicted molar refractivity (Wildman–Crippen MR) is 61.9 cm³/mol. The molecular formula is C12H16FN3O. The minimum Gasteiger partial charge on any atom is -0.349 e. The predicted octanol–water partition coefficient (Wildman–Crippen LogP) is 1.22. The lowest BCUT2D eigenvalue weighted by atomic mass is 9.91. The van der Waals surface area contributed by atoms with Crippen molar-refractivity contribution in [3.05, 3.63) is 29.8 Å². The van der Waals surface area contributed by atoms with Crippen molar-refractivity contribution in [3.63, 3.8) is 0 Å². The Hall–Kier alpha value is -1.49. The number of carbonyl (C=O) groups is 1. The summed E-state index contributed by atoms with van der Waals surface area (Å²) in [7, 11) is 0. The first-order chi connectivity index (χ1) is 8.15. The van der Waals surface area contributed by atoms with Crippen molar-refractivity contribution in [1.29, 1.82) is 0 Å². The molecule has 0 aromatic carbocycles. The van der Waals surface area contributed by atoms with E-state index in [1.165, 1.54) is 12.3 Å². The Morgan fingerprint density at radius 3 is 2.76 bits per heavy atom. The maximum absolute atomic E-state index is 12.8. The van der Waals surface area contributed by atoms with Gasteiger partial charge in [-0.3, -0.25) is 4.79 Å². The highest BCUT2D eigenvalue weighted by Crippen LogP contribution is 2.17. The number of pyridine rings is 1. The third-order valence-electron chi connectivity index (χ3n) is 3.10. The molecule has 0 spiro atoms. The number of nitrogens with one attached hydrogen (secondary N) is 1. The van der Waals surface area contributed by atoms with Gasteiger partial charge < -0.3 is 11.1 Å². The minimum absolute atomic E-state index is 0.151. The van der Waals surface area contributed by atoms with Crippen molar-refractivity contribution >= 4 is 5.91 Å². The van der Waals surface area contributed by atoms with Crippen molar-refractivity contribution in [2.24, 2.45) is 5.73 Å². The zero-order valence-corrected chi connectivity index (χ0v) is 9.53. The topological polar surface area (TPSA) is 68.0 Å². The maximum Gasteiger partial charge on any atom is 0.251 e. The average molecular weight is 237 g/mol. The van der Waals surface area contributed by atoms with Crippen LogP contribution in [0.1, 0.15) is 36.0 Å². The molecule has 1 heterocycles. The molecule has 1 amide bonds. The molecular weight excluding hydrogens is 221 g/mol. The van der Waals surface area contributed by atoms with E-state index in [-0.39, 0.29) is 18.0 Å². The van der Waals surface area contributed by atoms with Crippen LogP contribution in [-0.4, -0.2) is 23.0 Å². The summed E-state index contributed by atoms with van der Waals surface area (Å²) in [4.78, 5) is 15.2. The summed E-state index contributed by atoms with van der Waals surface area (Å²) in [6.07, 6.45) is 4.92. The van der Waals surface area contributed by atoms with Crippen molar-refractivity contribution < 1.29 is 9.18 Å². The van der Waals surface area contributed by atoms with Gasteiger partial charge in [0.05, 0.1) is 0 Å². The Morgan fingerprint density at radius 1 is 1.41 bits per heavy atom. The molecule has 4 nitrogen and oxygen atoms in total. The summed E-state index contributed by atoms with van der Waals surface area (Å²) in [6, 6.07) is 3.05. The summed E-state index contributed by atoms with van der Waals surface area (Å²) in [5.74, 6) is -0.880. The lowest BCUT2D eigenvalue weighted by molar-refractivity contribution is 0.0925. The molecule has 0 aliphatic heterocycles. The highest BCUT2D eigenvalue weighted by molar-refractivity contribution is 5.94. The standard InChI is InChI=1S/C12H16FN3O/c13-11-7-8(5-6-15-11)12(17)16-10-3-1-9(14)2-4-10/h5-7,9-10H,1-4,14H2,(H,16,17). The Labute approximate surface area is 99.4 Å². The summed E-state index contributed by atoms with van der Waals surface area (Å²) in [5.41, 5.74) is 6.10. The van der Waals surface area contributed by atoms with Gasteiger partial charge >= 0.3 is 0 Å². The minimum atomic E-state index is -0.636. The van der Waals surface area contributed by atoms with Gasteiger partial charge in [0.2, 0.25) is 5.95 Å². The monoisotopic (exact) mass is 237 g/mol. The molecule has 1 aliphatic carbocycles.